The maximum absolute atomic E-state index is 13.1. The Kier molecular flexibility index (Phi) is 11.6. The summed E-state index contributed by atoms with van der Waals surface area (Å²) in [5, 5.41) is 5.88. The van der Waals surface area contributed by atoms with Crippen LogP contribution < -0.4 is 14.6 Å². The number of thiophene rings is 1. The zero-order chi connectivity index (χ0) is 40.2. The maximum atomic E-state index is 13.1. The topological polar surface area (TPSA) is 113 Å². The Bertz CT molecular complexity index is 2540. The van der Waals surface area contributed by atoms with Crippen LogP contribution in [0.2, 0.25) is 5.02 Å². The highest BCUT2D eigenvalue weighted by Crippen LogP contribution is 2.42. The second-order valence-electron chi connectivity index (χ2n) is 14.8. The van der Waals surface area contributed by atoms with Crippen molar-refractivity contribution in [3.63, 3.8) is 0 Å². The smallest absolute Gasteiger partial charge is 0.286 e. The van der Waals surface area contributed by atoms with Crippen LogP contribution in [0.15, 0.2) is 97.5 Å². The largest absolute Gasteiger partial charge is 0.489 e. The first-order valence-electron chi connectivity index (χ1n) is 19.6. The zero-order valence-corrected chi connectivity index (χ0v) is 33.7. The van der Waals surface area contributed by atoms with E-state index in [1.807, 2.05) is 77.3 Å². The minimum Gasteiger partial charge on any atom is -0.489 e. The van der Waals surface area contributed by atoms with Gasteiger partial charge in [0, 0.05) is 91.1 Å². The van der Waals surface area contributed by atoms with Crippen molar-refractivity contribution in [3.05, 3.63) is 124 Å². The molecule has 4 amide bonds. The minimum atomic E-state index is -0.153. The number of halogens is 1. The lowest BCUT2D eigenvalue weighted by atomic mass is 10.0. The number of benzene rings is 3. The number of carbonyl (C=O) groups is 4. The highest BCUT2D eigenvalue weighted by Gasteiger charge is 2.30. The first-order valence-corrected chi connectivity index (χ1v) is 20.7. The molecule has 58 heavy (non-hydrogen) atoms. The average molecular weight is 813 g/mol. The Balaban J connectivity index is 0.823. The van der Waals surface area contributed by atoms with Crippen molar-refractivity contribution in [1.82, 2.24) is 20.1 Å². The Morgan fingerprint density at radius 3 is 2.50 bits per heavy atom. The first kappa shape index (κ1) is 38.9. The normalized spacial score (nSPS) is 14.9. The summed E-state index contributed by atoms with van der Waals surface area (Å²) in [5.74, 6) is 0.285. The van der Waals surface area contributed by atoms with Gasteiger partial charge in [-0.2, -0.15) is 4.57 Å². The van der Waals surface area contributed by atoms with Gasteiger partial charge in [-0.25, -0.2) is 0 Å². The van der Waals surface area contributed by atoms with Gasteiger partial charge in [-0.05, 0) is 58.7 Å². The standard InChI is InChI=1S/C46H42ClN5O5S/c1-30-25-34(47)26-39(38-13-19-48-40-27-36(58-46(38)40)28-52-43(55)11-12-44(52)56)45(30)57-35-17-23-51(24-18-35)42(54)14-20-49-41(53)29-50-21-15-31(16-22-50)9-10-33-7-4-6-32-5-2-3-8-37(32)33/h2-10,13,15-16,19,21-22,25-27,35H,11-12,14,17-18,20,23-24,28-29H2,1H3/p+1/b10-9+. The molecule has 0 bridgehead atoms. The van der Waals surface area contributed by atoms with Gasteiger partial charge in [0.2, 0.25) is 24.3 Å². The van der Waals surface area contributed by atoms with Gasteiger partial charge in [0.05, 0.1) is 16.8 Å². The summed E-state index contributed by atoms with van der Waals surface area (Å²) in [4.78, 5) is 59.1. The molecule has 0 unspecified atom stereocenters. The van der Waals surface area contributed by atoms with Crippen LogP contribution in [-0.4, -0.2) is 64.2 Å². The first-order chi connectivity index (χ1) is 28.2. The van der Waals surface area contributed by atoms with Gasteiger partial charge >= 0.3 is 0 Å². The third kappa shape index (κ3) is 8.80. The summed E-state index contributed by atoms with van der Waals surface area (Å²) in [6, 6.07) is 26.2. The summed E-state index contributed by atoms with van der Waals surface area (Å²) in [6.45, 7) is 3.75. The van der Waals surface area contributed by atoms with Crippen LogP contribution in [0.1, 0.15) is 53.7 Å². The number of hydrogen-bond acceptors (Lipinski definition) is 7. The van der Waals surface area contributed by atoms with Crippen molar-refractivity contribution in [3.8, 4) is 16.9 Å². The molecule has 1 N–H and O–H groups in total. The molecule has 0 saturated carbocycles. The molecule has 0 atom stereocenters. The van der Waals surface area contributed by atoms with Gasteiger partial charge in [-0.15, -0.1) is 11.3 Å². The SMILES string of the molecule is Cc1cc(Cl)cc(-c2ccnc3cc(CN4C(=O)CCC4=O)sc23)c1OC1CCN(C(=O)CCNC(=O)C[n+]2ccc(/C=C/c3cccc4ccccc34)cc2)CC1. The van der Waals surface area contributed by atoms with E-state index < -0.39 is 0 Å². The van der Waals surface area contributed by atoms with Crippen molar-refractivity contribution < 1.29 is 28.5 Å². The molecule has 2 aliphatic rings. The fourth-order valence-corrected chi connectivity index (χ4v) is 9.07. The number of likely N-dealkylation sites (tertiary alicyclic amines) is 2. The Hall–Kier alpha value is -5.91. The van der Waals surface area contributed by atoms with Crippen LogP contribution in [0.4, 0.5) is 0 Å². The molecule has 0 aliphatic carbocycles. The van der Waals surface area contributed by atoms with Crippen LogP contribution in [0.5, 0.6) is 5.75 Å². The van der Waals surface area contributed by atoms with Crippen molar-refractivity contribution in [1.29, 1.82) is 0 Å². The number of hydrogen-bond donors (Lipinski definition) is 1. The molecule has 10 nitrogen and oxygen atoms in total. The van der Waals surface area contributed by atoms with Crippen molar-refractivity contribution >= 4 is 79.7 Å². The molecule has 12 heteroatoms. The predicted octanol–water partition coefficient (Wildman–Crippen LogP) is 7.76. The highest BCUT2D eigenvalue weighted by atomic mass is 35.5. The lowest BCUT2D eigenvalue weighted by molar-refractivity contribution is -0.684. The summed E-state index contributed by atoms with van der Waals surface area (Å²) in [6.07, 6.45) is 11.6. The third-order valence-corrected chi connectivity index (χ3v) is 12.1. The van der Waals surface area contributed by atoms with E-state index in [0.717, 1.165) is 48.7 Å². The second-order valence-corrected chi connectivity index (χ2v) is 16.3. The van der Waals surface area contributed by atoms with Gasteiger partial charge in [0.25, 0.3) is 5.91 Å². The number of nitrogens with one attached hydrogen (secondary N) is 1. The summed E-state index contributed by atoms with van der Waals surface area (Å²) >= 11 is 8.11. The van der Waals surface area contributed by atoms with E-state index in [4.69, 9.17) is 16.3 Å². The molecule has 6 aromatic rings. The quantitative estimate of drug-likeness (QED) is 0.0999. The number of aromatic nitrogens is 2. The Morgan fingerprint density at radius 1 is 0.948 bits per heavy atom. The number of nitrogens with zero attached hydrogens (tertiary/aromatic N) is 4. The van der Waals surface area contributed by atoms with Crippen LogP contribution >= 0.6 is 22.9 Å². The fourth-order valence-electron chi connectivity index (χ4n) is 7.66. The van der Waals surface area contributed by atoms with Gasteiger partial charge in [0.1, 0.15) is 11.9 Å². The Morgan fingerprint density at radius 2 is 1.71 bits per heavy atom. The Labute approximate surface area is 345 Å². The number of ether oxygens (including phenoxy) is 1. The summed E-state index contributed by atoms with van der Waals surface area (Å²) in [7, 11) is 0. The fraction of sp³-hybridized carbons (Fsp3) is 0.261. The predicted molar refractivity (Wildman–Crippen MR) is 227 cm³/mol. The second kappa shape index (κ2) is 17.3. The van der Waals surface area contributed by atoms with Gasteiger partial charge < -0.3 is 15.0 Å². The third-order valence-electron chi connectivity index (χ3n) is 10.7. The minimum absolute atomic E-state index is 0.00195. The average Bonchev–Trinajstić information content (AvgIpc) is 3.79. The molecule has 3 aromatic carbocycles. The number of carbonyl (C=O) groups excluding carboxylic acids is 4. The molecular weight excluding hydrogens is 770 g/mol. The van der Waals surface area contributed by atoms with Crippen molar-refractivity contribution in [2.24, 2.45) is 0 Å². The lowest BCUT2D eigenvalue weighted by Gasteiger charge is -2.33. The number of fused-ring (bicyclic) bond motifs is 2. The number of amides is 4. The number of pyridine rings is 2. The molecule has 0 spiro atoms. The van der Waals surface area contributed by atoms with E-state index in [0.29, 0.717) is 31.0 Å². The molecule has 8 rings (SSSR count). The maximum Gasteiger partial charge on any atom is 0.286 e. The summed E-state index contributed by atoms with van der Waals surface area (Å²) in [5.41, 5.74) is 5.61. The molecule has 3 aromatic heterocycles. The van der Waals surface area contributed by atoms with E-state index in [9.17, 15) is 19.2 Å². The molecule has 2 saturated heterocycles. The van der Waals surface area contributed by atoms with Gasteiger partial charge in [-0.3, -0.25) is 29.1 Å². The molecule has 2 fully saturated rings. The van der Waals surface area contributed by atoms with E-state index in [1.54, 1.807) is 6.20 Å². The molecule has 5 heterocycles. The highest BCUT2D eigenvalue weighted by molar-refractivity contribution is 7.19. The summed E-state index contributed by atoms with van der Waals surface area (Å²) < 4.78 is 9.44. The van der Waals surface area contributed by atoms with Crippen LogP contribution in [0, 0.1) is 6.92 Å². The zero-order valence-electron chi connectivity index (χ0n) is 32.2. The van der Waals surface area contributed by atoms with E-state index in [1.165, 1.54) is 27.0 Å². The van der Waals surface area contributed by atoms with Crippen LogP contribution in [0.25, 0.3) is 44.3 Å². The van der Waals surface area contributed by atoms with Crippen molar-refractivity contribution in [2.75, 3.05) is 19.6 Å². The van der Waals surface area contributed by atoms with Crippen molar-refractivity contribution in [2.45, 2.75) is 58.2 Å². The molecule has 2 aliphatic heterocycles. The number of rotatable bonds is 12. The molecule has 0 radical (unpaired) electrons. The van der Waals surface area contributed by atoms with E-state index >= 15 is 0 Å². The van der Waals surface area contributed by atoms with Gasteiger partial charge in [-0.1, -0.05) is 66.2 Å². The van der Waals surface area contributed by atoms with E-state index in [2.05, 4.69) is 52.8 Å². The number of piperidine rings is 1. The lowest BCUT2D eigenvalue weighted by Crippen LogP contribution is -2.45. The number of aryl methyl sites for hydroxylation is 1. The van der Waals surface area contributed by atoms with Gasteiger partial charge in [0.15, 0.2) is 12.4 Å². The number of imide groups is 1. The molecular formula is C46H43ClN5O5S+. The monoisotopic (exact) mass is 812 g/mol. The van der Waals surface area contributed by atoms with Crippen LogP contribution in [-0.2, 0) is 32.3 Å². The van der Waals surface area contributed by atoms with Crippen LogP contribution in [0.3, 0.4) is 0 Å². The van der Waals surface area contributed by atoms with E-state index in [-0.39, 0.29) is 68.6 Å². The molecule has 294 valence electrons.